The minimum atomic E-state index is -0.606. The molecule has 1 aromatic rings. The zero-order valence-electron chi connectivity index (χ0n) is 30.0. The Bertz CT molecular complexity index is 1720. The minimum absolute atomic E-state index is 0.0791. The topological polar surface area (TPSA) is 125 Å². The number of allylic oxidation sites excluding steroid dienone is 3. The quantitative estimate of drug-likeness (QED) is 0.331. The molecule has 0 spiro atoms. The first-order valence-corrected chi connectivity index (χ1v) is 16.8. The highest BCUT2D eigenvalue weighted by molar-refractivity contribution is 6.04. The number of carbonyl (C=O) groups excluding carboxylic acids is 4. The van der Waals surface area contributed by atoms with Crippen LogP contribution >= 0.6 is 0 Å². The highest BCUT2D eigenvalue weighted by atomic mass is 16.5. The fraction of sp³-hybridized carbons (Fsp3) is 0.436. The Hall–Kier alpha value is -4.86. The van der Waals surface area contributed by atoms with E-state index in [4.69, 9.17) is 9.47 Å². The molecule has 0 saturated heterocycles. The first-order valence-electron chi connectivity index (χ1n) is 16.8. The van der Waals surface area contributed by atoms with Crippen molar-refractivity contribution in [1.29, 1.82) is 0 Å². The normalized spacial score (nSPS) is 21.0. The molecule has 49 heavy (non-hydrogen) atoms. The van der Waals surface area contributed by atoms with E-state index in [1.807, 2.05) is 31.9 Å². The van der Waals surface area contributed by atoms with Crippen LogP contribution in [0.3, 0.4) is 0 Å². The smallest absolute Gasteiger partial charge is 0.334 e. The highest BCUT2D eigenvalue weighted by Crippen LogP contribution is 2.47. The summed E-state index contributed by atoms with van der Waals surface area (Å²) in [5.41, 5.74) is 7.61. The monoisotopic (exact) mass is 671 g/mol. The van der Waals surface area contributed by atoms with E-state index in [0.29, 0.717) is 59.9 Å². The molecule has 2 atom stereocenters. The molecule has 10 heteroatoms. The average molecular weight is 672 g/mol. The first kappa shape index (κ1) is 37.0. The van der Waals surface area contributed by atoms with Crippen LogP contribution in [0.2, 0.25) is 0 Å². The number of likely N-dealkylation sites (N-methyl/N-ethyl adjacent to an activating group) is 1. The zero-order valence-corrected chi connectivity index (χ0v) is 30.0. The number of nitrogens with one attached hydrogen (secondary N) is 1. The number of phenolic OH excluding ortho intramolecular Hbond substituents is 1. The van der Waals surface area contributed by atoms with Gasteiger partial charge >= 0.3 is 11.9 Å². The third-order valence-electron chi connectivity index (χ3n) is 9.37. The summed E-state index contributed by atoms with van der Waals surface area (Å²) in [5.74, 6) is -0.752. The van der Waals surface area contributed by atoms with Gasteiger partial charge in [0.15, 0.2) is 0 Å². The van der Waals surface area contributed by atoms with Crippen LogP contribution in [0.4, 0.5) is 0 Å². The van der Waals surface area contributed by atoms with Gasteiger partial charge in [-0.05, 0) is 64.2 Å². The van der Waals surface area contributed by atoms with Gasteiger partial charge in [-0.15, -0.1) is 0 Å². The number of aromatic hydroxyl groups is 1. The van der Waals surface area contributed by atoms with E-state index in [1.54, 1.807) is 39.1 Å². The van der Waals surface area contributed by atoms with Gasteiger partial charge in [0.05, 0.1) is 13.2 Å². The molecule has 2 amide bonds. The van der Waals surface area contributed by atoms with Crippen LogP contribution < -0.4 is 5.32 Å². The van der Waals surface area contributed by atoms with Crippen molar-refractivity contribution < 1.29 is 33.8 Å². The molecule has 0 fully saturated rings. The average Bonchev–Trinajstić information content (AvgIpc) is 3.02. The summed E-state index contributed by atoms with van der Waals surface area (Å²) in [7, 11) is 3.53. The largest absolute Gasteiger partial charge is 0.508 e. The number of rotatable bonds is 7. The van der Waals surface area contributed by atoms with Crippen molar-refractivity contribution in [2.45, 2.75) is 73.1 Å². The number of nitrogens with zero attached hydrogens (tertiary/aromatic N) is 2. The van der Waals surface area contributed by atoms with Crippen LogP contribution in [0.25, 0.3) is 0 Å². The van der Waals surface area contributed by atoms with Gasteiger partial charge in [-0.3, -0.25) is 14.5 Å². The summed E-state index contributed by atoms with van der Waals surface area (Å²) in [6, 6.07) is 6.66. The second-order valence-electron chi connectivity index (χ2n) is 13.3. The highest BCUT2D eigenvalue weighted by Gasteiger charge is 2.43. The van der Waals surface area contributed by atoms with Crippen LogP contribution in [-0.2, 0) is 28.7 Å². The van der Waals surface area contributed by atoms with Crippen molar-refractivity contribution in [2.24, 2.45) is 11.8 Å². The van der Waals surface area contributed by atoms with Crippen molar-refractivity contribution >= 4 is 23.8 Å². The van der Waals surface area contributed by atoms with Gasteiger partial charge in [-0.2, -0.15) is 0 Å². The summed E-state index contributed by atoms with van der Waals surface area (Å²) in [6.07, 6.45) is 2.58. The number of hydrogen-bond donors (Lipinski definition) is 2. The van der Waals surface area contributed by atoms with Gasteiger partial charge in [0, 0.05) is 72.5 Å². The van der Waals surface area contributed by atoms with Gasteiger partial charge < -0.3 is 24.8 Å². The molecule has 0 aromatic heterocycles. The van der Waals surface area contributed by atoms with Crippen molar-refractivity contribution in [3.8, 4) is 5.75 Å². The molecular formula is C39H49N3O7. The van der Waals surface area contributed by atoms with Gasteiger partial charge in [0.1, 0.15) is 11.6 Å². The maximum absolute atomic E-state index is 13.2. The molecule has 262 valence electrons. The van der Waals surface area contributed by atoms with Gasteiger partial charge in [0.25, 0.3) is 11.8 Å². The van der Waals surface area contributed by atoms with Crippen LogP contribution in [0.5, 0.6) is 5.75 Å². The Labute approximate surface area is 289 Å². The Balaban J connectivity index is 0.000000226. The molecule has 2 N–H and O–H groups in total. The van der Waals surface area contributed by atoms with Crippen molar-refractivity contribution in [1.82, 2.24) is 15.1 Å². The van der Waals surface area contributed by atoms with E-state index in [1.165, 1.54) is 4.90 Å². The molecular weight excluding hydrogens is 622 g/mol. The lowest BCUT2D eigenvalue weighted by Gasteiger charge is -2.42. The molecule has 2 heterocycles. The van der Waals surface area contributed by atoms with E-state index < -0.39 is 11.9 Å². The van der Waals surface area contributed by atoms with Gasteiger partial charge in [-0.25, -0.2) is 9.59 Å². The predicted octanol–water partition coefficient (Wildman–Crippen LogP) is 6.15. The lowest BCUT2D eigenvalue weighted by Crippen LogP contribution is -2.44. The third-order valence-corrected chi connectivity index (χ3v) is 9.37. The predicted molar refractivity (Wildman–Crippen MR) is 187 cm³/mol. The molecule has 1 aromatic carbocycles. The molecule has 10 nitrogen and oxygen atoms in total. The fourth-order valence-corrected chi connectivity index (χ4v) is 7.20. The molecule has 2 aliphatic carbocycles. The minimum Gasteiger partial charge on any atom is -0.508 e. The summed E-state index contributed by atoms with van der Waals surface area (Å²) >= 11 is 0. The van der Waals surface area contributed by atoms with Crippen LogP contribution in [0.1, 0.15) is 78.7 Å². The Kier molecular flexibility index (Phi) is 11.4. The number of carbonyl (C=O) groups is 4. The molecule has 2 aliphatic heterocycles. The van der Waals surface area contributed by atoms with E-state index >= 15 is 0 Å². The molecule has 0 bridgehead atoms. The number of hydrogen-bond acceptors (Lipinski definition) is 8. The second kappa shape index (κ2) is 15.1. The number of esters is 2. The van der Waals surface area contributed by atoms with Gasteiger partial charge in [-0.1, -0.05) is 55.9 Å². The Morgan fingerprint density at radius 1 is 0.939 bits per heavy atom. The number of ether oxygens (including phenoxy) is 2. The lowest BCUT2D eigenvalue weighted by atomic mass is 9.72. The number of phenols is 1. The van der Waals surface area contributed by atoms with Crippen LogP contribution in [-0.4, -0.2) is 66.0 Å². The SMILES string of the molecule is C=C1CC2=C(C(=O)N1)C(CC(C)C)C(C(=O)OCC)=C(C)C2.C=C1N(C)C(=O)C2=C(CC(C)=C(C(=O)OCC)C2c2cccc(O)c2)N1C. The molecule has 4 aliphatic rings. The molecule has 5 rings (SSSR count). The zero-order chi connectivity index (χ0) is 36.3. The van der Waals surface area contributed by atoms with E-state index in [9.17, 15) is 24.3 Å². The van der Waals surface area contributed by atoms with Crippen molar-refractivity contribution in [3.63, 3.8) is 0 Å². The fourth-order valence-electron chi connectivity index (χ4n) is 7.20. The Morgan fingerprint density at radius 2 is 1.55 bits per heavy atom. The molecule has 2 unspecified atom stereocenters. The third kappa shape index (κ3) is 7.43. The maximum atomic E-state index is 13.2. The molecule has 0 radical (unpaired) electrons. The maximum Gasteiger partial charge on any atom is 0.334 e. The van der Waals surface area contributed by atoms with Crippen LogP contribution in [0.15, 0.2) is 93.7 Å². The lowest BCUT2D eigenvalue weighted by molar-refractivity contribution is -0.140. The summed E-state index contributed by atoms with van der Waals surface area (Å²) in [5, 5.41) is 12.8. The van der Waals surface area contributed by atoms with Gasteiger partial charge in [0.2, 0.25) is 0 Å². The van der Waals surface area contributed by atoms with Crippen molar-refractivity contribution in [2.75, 3.05) is 27.3 Å². The van der Waals surface area contributed by atoms with E-state index in [-0.39, 0.29) is 36.1 Å². The second-order valence-corrected chi connectivity index (χ2v) is 13.3. The van der Waals surface area contributed by atoms with Crippen LogP contribution in [0, 0.1) is 11.8 Å². The van der Waals surface area contributed by atoms with Crippen molar-refractivity contribution in [3.05, 3.63) is 99.2 Å². The number of benzene rings is 1. The summed E-state index contributed by atoms with van der Waals surface area (Å²) in [4.78, 5) is 54.1. The van der Waals surface area contributed by atoms with E-state index in [0.717, 1.165) is 40.1 Å². The standard InChI is InChI=1S/C21H24N2O4.C18H25NO3/c1-6-27-21(26)17-12(2)10-16-19(20(25)23(5)13(3)22(16)4)18(17)14-8-7-9-15(24)11-14;1-6-22-18(21)15-11(4)8-13-9-12(5)19-17(20)16(13)14(15)7-10(2)3/h7-9,11,18,24H,3,6,10H2,1-2,4-5H3;10,14H,5-9H2,1-4H3,(H,19,20). The van der Waals surface area contributed by atoms with E-state index in [2.05, 4.69) is 32.3 Å². The molecule has 0 saturated carbocycles. The Morgan fingerprint density at radius 3 is 2.14 bits per heavy atom. The summed E-state index contributed by atoms with van der Waals surface area (Å²) in [6.45, 7) is 20.1. The summed E-state index contributed by atoms with van der Waals surface area (Å²) < 4.78 is 10.5. The number of amides is 2. The first-order chi connectivity index (χ1) is 23.1.